The van der Waals surface area contributed by atoms with Crippen molar-refractivity contribution in [3.8, 4) is 23.0 Å². The number of esters is 1. The van der Waals surface area contributed by atoms with Gasteiger partial charge in [0.25, 0.3) is 0 Å². The number of hydrogen-bond donors (Lipinski definition) is 0. The van der Waals surface area contributed by atoms with Gasteiger partial charge in [0, 0.05) is 10.5 Å². The zero-order chi connectivity index (χ0) is 21.1. The predicted molar refractivity (Wildman–Crippen MR) is 115 cm³/mol. The zero-order valence-electron chi connectivity index (χ0n) is 15.8. The number of benzene rings is 3. The smallest absolute Gasteiger partial charge is 0.344 e. The van der Waals surface area contributed by atoms with Gasteiger partial charge in [0.05, 0.1) is 18.1 Å². The van der Waals surface area contributed by atoms with Gasteiger partial charge < -0.3 is 18.6 Å². The van der Waals surface area contributed by atoms with E-state index in [2.05, 4.69) is 15.9 Å². The summed E-state index contributed by atoms with van der Waals surface area (Å²) >= 11 is 3.32. The second-order valence-electron chi connectivity index (χ2n) is 6.21. The van der Waals surface area contributed by atoms with Crippen molar-refractivity contribution in [1.82, 2.24) is 0 Å². The maximum absolute atomic E-state index is 12.8. The van der Waals surface area contributed by atoms with Crippen molar-refractivity contribution >= 4 is 32.9 Å². The van der Waals surface area contributed by atoms with Crippen LogP contribution in [0.1, 0.15) is 10.4 Å². The van der Waals surface area contributed by atoms with Crippen LogP contribution in [0.2, 0.25) is 0 Å². The largest absolute Gasteiger partial charge is 0.493 e. The minimum absolute atomic E-state index is 0.0185. The van der Waals surface area contributed by atoms with Crippen molar-refractivity contribution in [2.75, 3.05) is 7.11 Å². The fourth-order valence-electron chi connectivity index (χ4n) is 2.84. The Kier molecular flexibility index (Phi) is 5.54. The quantitative estimate of drug-likeness (QED) is 0.282. The SMILES string of the molecule is COc1ccccc1Oc1coc2cc(OC(=O)c3ccccc3Br)ccc2c1=O. The van der Waals surface area contributed by atoms with Crippen LogP contribution < -0.4 is 19.6 Å². The van der Waals surface area contributed by atoms with E-state index in [0.717, 1.165) is 0 Å². The molecule has 0 fully saturated rings. The first-order valence-corrected chi connectivity index (χ1v) is 9.69. The molecule has 0 spiro atoms. The first-order chi connectivity index (χ1) is 14.6. The van der Waals surface area contributed by atoms with E-state index in [-0.39, 0.29) is 22.5 Å². The van der Waals surface area contributed by atoms with E-state index in [1.807, 2.05) is 0 Å². The minimum Gasteiger partial charge on any atom is -0.493 e. The second kappa shape index (κ2) is 8.42. The molecule has 150 valence electrons. The molecule has 0 aliphatic rings. The molecule has 0 bridgehead atoms. The molecule has 6 nitrogen and oxygen atoms in total. The van der Waals surface area contributed by atoms with Crippen LogP contribution in [0.4, 0.5) is 0 Å². The molecule has 0 saturated carbocycles. The predicted octanol–water partition coefficient (Wildman–Crippen LogP) is 5.58. The number of para-hydroxylation sites is 2. The van der Waals surface area contributed by atoms with Crippen molar-refractivity contribution in [3.63, 3.8) is 0 Å². The van der Waals surface area contributed by atoms with Crippen molar-refractivity contribution in [2.45, 2.75) is 0 Å². The Morgan fingerprint density at radius 1 is 0.933 bits per heavy atom. The van der Waals surface area contributed by atoms with Crippen LogP contribution in [0.5, 0.6) is 23.0 Å². The average Bonchev–Trinajstić information content (AvgIpc) is 2.76. The molecule has 0 aliphatic heterocycles. The van der Waals surface area contributed by atoms with Gasteiger partial charge in [-0.15, -0.1) is 0 Å². The first kappa shape index (κ1) is 19.7. The maximum Gasteiger partial charge on any atom is 0.344 e. The Morgan fingerprint density at radius 2 is 1.67 bits per heavy atom. The number of fused-ring (bicyclic) bond motifs is 1. The van der Waals surface area contributed by atoms with Gasteiger partial charge in [0.2, 0.25) is 11.2 Å². The topological polar surface area (TPSA) is 75.0 Å². The summed E-state index contributed by atoms with van der Waals surface area (Å²) < 4.78 is 22.5. The van der Waals surface area contributed by atoms with Gasteiger partial charge in [-0.2, -0.15) is 0 Å². The number of carbonyl (C=O) groups excluding carboxylic acids is 1. The van der Waals surface area contributed by atoms with Crippen LogP contribution in [-0.4, -0.2) is 13.1 Å². The van der Waals surface area contributed by atoms with Crippen molar-refractivity contribution in [2.24, 2.45) is 0 Å². The average molecular weight is 467 g/mol. The molecule has 30 heavy (non-hydrogen) atoms. The summed E-state index contributed by atoms with van der Waals surface area (Å²) in [6.45, 7) is 0. The van der Waals surface area contributed by atoms with Gasteiger partial charge in [0.1, 0.15) is 17.6 Å². The van der Waals surface area contributed by atoms with Gasteiger partial charge in [-0.05, 0) is 52.3 Å². The molecular weight excluding hydrogens is 452 g/mol. The minimum atomic E-state index is -0.528. The van der Waals surface area contributed by atoms with Gasteiger partial charge in [0.15, 0.2) is 11.5 Å². The molecule has 1 heterocycles. The Hall–Kier alpha value is -3.58. The lowest BCUT2D eigenvalue weighted by Gasteiger charge is -2.10. The fourth-order valence-corrected chi connectivity index (χ4v) is 3.28. The number of carbonyl (C=O) groups is 1. The summed E-state index contributed by atoms with van der Waals surface area (Å²) in [6, 6.07) is 18.5. The van der Waals surface area contributed by atoms with Crippen LogP contribution >= 0.6 is 15.9 Å². The van der Waals surface area contributed by atoms with E-state index in [9.17, 15) is 9.59 Å². The second-order valence-corrected chi connectivity index (χ2v) is 7.06. The lowest BCUT2D eigenvalue weighted by atomic mass is 10.2. The van der Waals surface area contributed by atoms with Crippen LogP contribution in [0.25, 0.3) is 11.0 Å². The first-order valence-electron chi connectivity index (χ1n) is 8.90. The van der Waals surface area contributed by atoms with Gasteiger partial charge in [-0.25, -0.2) is 4.79 Å². The molecule has 0 atom stereocenters. The summed E-state index contributed by atoms with van der Waals surface area (Å²) in [5, 5.41) is 0.295. The summed E-state index contributed by atoms with van der Waals surface area (Å²) in [7, 11) is 1.52. The molecule has 0 aliphatic carbocycles. The molecule has 4 rings (SSSR count). The number of halogens is 1. The van der Waals surface area contributed by atoms with Crippen molar-refractivity contribution in [3.05, 3.63) is 93.3 Å². The Bertz CT molecular complexity index is 1290. The highest BCUT2D eigenvalue weighted by molar-refractivity contribution is 9.10. The van der Waals surface area contributed by atoms with Gasteiger partial charge in [-0.1, -0.05) is 24.3 Å². The number of methoxy groups -OCH3 is 1. The monoisotopic (exact) mass is 466 g/mol. The van der Waals surface area contributed by atoms with Crippen molar-refractivity contribution < 1.29 is 23.4 Å². The Labute approximate surface area is 179 Å². The third-order valence-electron chi connectivity index (χ3n) is 4.31. The number of hydrogen-bond acceptors (Lipinski definition) is 6. The van der Waals surface area contributed by atoms with Gasteiger partial charge in [-0.3, -0.25) is 4.79 Å². The Morgan fingerprint density at radius 3 is 2.43 bits per heavy atom. The molecular formula is C23H15BrO6. The molecule has 1 aromatic heterocycles. The van der Waals surface area contributed by atoms with E-state index in [4.69, 9.17) is 18.6 Å². The molecule has 7 heteroatoms. The van der Waals surface area contributed by atoms with E-state index in [1.165, 1.54) is 31.6 Å². The molecule has 0 unspecified atom stereocenters. The van der Waals surface area contributed by atoms with E-state index in [1.54, 1.807) is 48.5 Å². The summed E-state index contributed by atoms with van der Waals surface area (Å²) in [6.07, 6.45) is 1.22. The lowest BCUT2D eigenvalue weighted by Crippen LogP contribution is -2.10. The number of rotatable bonds is 5. The normalized spacial score (nSPS) is 10.6. The summed E-state index contributed by atoms with van der Waals surface area (Å²) in [5.74, 6) is 0.632. The van der Waals surface area contributed by atoms with Crippen LogP contribution in [0.15, 0.2) is 86.7 Å². The highest BCUT2D eigenvalue weighted by Crippen LogP contribution is 2.31. The molecule has 3 aromatic carbocycles. The Balaban J connectivity index is 1.62. The molecule has 0 N–H and O–H groups in total. The zero-order valence-corrected chi connectivity index (χ0v) is 17.3. The lowest BCUT2D eigenvalue weighted by molar-refractivity contribution is 0.0734. The highest BCUT2D eigenvalue weighted by Gasteiger charge is 2.15. The van der Waals surface area contributed by atoms with E-state index < -0.39 is 5.97 Å². The standard InChI is InChI=1S/C23H15BrO6/c1-27-18-8-4-5-9-19(18)30-21-13-28-20-12-14(10-11-16(20)22(21)25)29-23(26)15-6-2-3-7-17(15)24/h2-13H,1H3. The van der Waals surface area contributed by atoms with E-state index >= 15 is 0 Å². The summed E-state index contributed by atoms with van der Waals surface area (Å²) in [4.78, 5) is 25.2. The van der Waals surface area contributed by atoms with Crippen molar-refractivity contribution in [1.29, 1.82) is 0 Å². The molecule has 0 saturated heterocycles. The highest BCUT2D eigenvalue weighted by atomic mass is 79.9. The third kappa shape index (κ3) is 3.92. The molecule has 4 aromatic rings. The fraction of sp³-hybridized carbons (Fsp3) is 0.0435. The molecule has 0 radical (unpaired) electrons. The number of ether oxygens (including phenoxy) is 3. The van der Waals surface area contributed by atoms with Crippen LogP contribution in [0.3, 0.4) is 0 Å². The summed E-state index contributed by atoms with van der Waals surface area (Å²) in [5.41, 5.74) is 0.301. The van der Waals surface area contributed by atoms with Crippen LogP contribution in [-0.2, 0) is 0 Å². The van der Waals surface area contributed by atoms with Crippen LogP contribution in [0, 0.1) is 0 Å². The third-order valence-corrected chi connectivity index (χ3v) is 5.00. The van der Waals surface area contributed by atoms with E-state index in [0.29, 0.717) is 26.9 Å². The maximum atomic E-state index is 12.8. The van der Waals surface area contributed by atoms with Gasteiger partial charge >= 0.3 is 5.97 Å². The molecule has 0 amide bonds.